The summed E-state index contributed by atoms with van der Waals surface area (Å²) in [6.07, 6.45) is 2.41. The number of aryl methyl sites for hydroxylation is 1. The number of hydrogen-bond donors (Lipinski definition) is 1. The van der Waals surface area contributed by atoms with E-state index in [-0.39, 0.29) is 15.9 Å². The molecule has 118 valence electrons. The number of hydrogen-bond acceptors (Lipinski definition) is 7. The van der Waals surface area contributed by atoms with Gasteiger partial charge >= 0.3 is 0 Å². The van der Waals surface area contributed by atoms with E-state index in [0.29, 0.717) is 5.56 Å². The summed E-state index contributed by atoms with van der Waals surface area (Å²) in [5, 5.41) is 11.1. The second-order valence-corrected chi connectivity index (χ2v) is 7.35. The van der Waals surface area contributed by atoms with Crippen molar-refractivity contribution in [3.8, 4) is 6.07 Å². The molecule has 0 spiro atoms. The SMILES string of the molecule is Cc1ccc(/C=C(/C#N)C(=O)Nc2nc(S(C)(=O)=O)ns2)cc1. The third-order valence-electron chi connectivity index (χ3n) is 2.71. The quantitative estimate of drug-likeness (QED) is 0.666. The molecule has 9 heteroatoms. The average Bonchev–Trinajstić information content (AvgIpc) is 2.95. The van der Waals surface area contributed by atoms with Crippen molar-refractivity contribution in [3.05, 3.63) is 41.0 Å². The van der Waals surface area contributed by atoms with Crippen LogP contribution in [0.5, 0.6) is 0 Å². The molecule has 1 heterocycles. The van der Waals surface area contributed by atoms with E-state index >= 15 is 0 Å². The van der Waals surface area contributed by atoms with Gasteiger partial charge in [0.05, 0.1) is 0 Å². The van der Waals surface area contributed by atoms with Crippen molar-refractivity contribution in [2.45, 2.75) is 12.1 Å². The van der Waals surface area contributed by atoms with Crippen molar-refractivity contribution >= 4 is 38.5 Å². The minimum atomic E-state index is -3.54. The van der Waals surface area contributed by atoms with Crippen LogP contribution in [0.4, 0.5) is 5.13 Å². The van der Waals surface area contributed by atoms with Crippen molar-refractivity contribution in [3.63, 3.8) is 0 Å². The van der Waals surface area contributed by atoms with Gasteiger partial charge in [0.2, 0.25) is 15.0 Å². The van der Waals surface area contributed by atoms with Gasteiger partial charge in [0, 0.05) is 17.8 Å². The Bertz CT molecular complexity index is 906. The van der Waals surface area contributed by atoms with E-state index in [1.54, 1.807) is 12.1 Å². The van der Waals surface area contributed by atoms with Crippen molar-refractivity contribution < 1.29 is 13.2 Å². The molecule has 1 aromatic carbocycles. The number of aromatic nitrogens is 2. The lowest BCUT2D eigenvalue weighted by Gasteiger charge is -2.00. The molecule has 1 amide bonds. The number of nitrogens with zero attached hydrogens (tertiary/aromatic N) is 3. The first-order valence-corrected chi connectivity index (χ1v) is 8.99. The molecule has 0 saturated heterocycles. The second kappa shape index (κ2) is 6.68. The van der Waals surface area contributed by atoms with Gasteiger partial charge in [0.25, 0.3) is 11.1 Å². The molecule has 2 aromatic rings. The Labute approximate surface area is 137 Å². The standard InChI is InChI=1S/C14H12N4O3S2/c1-9-3-5-10(6-4-9)7-11(8-15)12(19)16-13-17-14(18-22-13)23(2,20)21/h3-7H,1-2H3,(H,16,17,18,19)/b11-7-. The van der Waals surface area contributed by atoms with Crippen LogP contribution in [-0.2, 0) is 14.6 Å². The van der Waals surface area contributed by atoms with Crippen LogP contribution in [0, 0.1) is 18.3 Å². The van der Waals surface area contributed by atoms with Crippen LogP contribution in [0.3, 0.4) is 0 Å². The van der Waals surface area contributed by atoms with E-state index in [1.165, 1.54) is 6.08 Å². The molecule has 0 fully saturated rings. The Kier molecular flexibility index (Phi) is 4.88. The smallest absolute Gasteiger partial charge is 0.268 e. The van der Waals surface area contributed by atoms with Crippen molar-refractivity contribution in [2.75, 3.05) is 11.6 Å². The molecule has 7 nitrogen and oxygen atoms in total. The van der Waals surface area contributed by atoms with Gasteiger partial charge in [-0.05, 0) is 18.6 Å². The summed E-state index contributed by atoms with van der Waals surface area (Å²) in [5.41, 5.74) is 1.65. The molecule has 0 unspecified atom stereocenters. The molecule has 2 rings (SSSR count). The van der Waals surface area contributed by atoms with Crippen molar-refractivity contribution in [2.24, 2.45) is 0 Å². The molecular weight excluding hydrogens is 336 g/mol. The molecular formula is C14H12N4O3S2. The normalized spacial score (nSPS) is 11.8. The highest BCUT2D eigenvalue weighted by atomic mass is 32.2. The van der Waals surface area contributed by atoms with E-state index in [1.807, 2.05) is 25.1 Å². The largest absolute Gasteiger partial charge is 0.296 e. The highest BCUT2D eigenvalue weighted by Gasteiger charge is 2.17. The maximum absolute atomic E-state index is 12.1. The average molecular weight is 348 g/mol. The number of amides is 1. The zero-order chi connectivity index (χ0) is 17.0. The van der Waals surface area contributed by atoms with E-state index in [0.717, 1.165) is 23.4 Å². The van der Waals surface area contributed by atoms with Gasteiger partial charge in [-0.2, -0.15) is 14.6 Å². The van der Waals surface area contributed by atoms with Crippen molar-refractivity contribution in [1.82, 2.24) is 9.36 Å². The van der Waals surface area contributed by atoms with Crippen molar-refractivity contribution in [1.29, 1.82) is 5.26 Å². The zero-order valence-corrected chi connectivity index (χ0v) is 13.9. The summed E-state index contributed by atoms with van der Waals surface area (Å²) in [6.45, 7) is 1.93. The lowest BCUT2D eigenvalue weighted by Crippen LogP contribution is -2.13. The minimum Gasteiger partial charge on any atom is -0.296 e. The highest BCUT2D eigenvalue weighted by Crippen LogP contribution is 2.16. The molecule has 0 radical (unpaired) electrons. The number of carbonyl (C=O) groups excluding carboxylic acids is 1. The summed E-state index contributed by atoms with van der Waals surface area (Å²) in [5.74, 6) is -0.677. The summed E-state index contributed by atoms with van der Waals surface area (Å²) in [6, 6.07) is 9.10. The Morgan fingerprint density at radius 3 is 2.52 bits per heavy atom. The molecule has 0 saturated carbocycles. The lowest BCUT2D eigenvalue weighted by atomic mass is 10.1. The molecule has 0 atom stereocenters. The first kappa shape index (κ1) is 16.8. The van der Waals surface area contributed by atoms with Crippen LogP contribution in [0.1, 0.15) is 11.1 Å². The number of rotatable bonds is 4. The molecule has 0 aliphatic heterocycles. The van der Waals surface area contributed by atoms with Gasteiger partial charge in [0.15, 0.2) is 0 Å². The molecule has 1 aromatic heterocycles. The maximum Gasteiger partial charge on any atom is 0.268 e. The van der Waals surface area contributed by atoms with Crippen LogP contribution in [0.15, 0.2) is 35.0 Å². The van der Waals surface area contributed by atoms with Crippen LogP contribution in [0.25, 0.3) is 6.08 Å². The number of nitrogens with one attached hydrogen (secondary N) is 1. The van der Waals surface area contributed by atoms with E-state index < -0.39 is 15.7 Å². The third-order valence-corrected chi connectivity index (χ3v) is 4.30. The molecule has 23 heavy (non-hydrogen) atoms. The van der Waals surface area contributed by atoms with Gasteiger partial charge in [-0.25, -0.2) is 8.42 Å². The Morgan fingerprint density at radius 2 is 2.00 bits per heavy atom. The van der Waals surface area contributed by atoms with Gasteiger partial charge in [-0.15, -0.1) is 0 Å². The summed E-state index contributed by atoms with van der Waals surface area (Å²) in [7, 11) is -3.54. The molecule has 0 aliphatic carbocycles. The Balaban J connectivity index is 2.19. The predicted octanol–water partition coefficient (Wildman–Crippen LogP) is 1.80. The van der Waals surface area contributed by atoms with Crippen LogP contribution >= 0.6 is 11.5 Å². The first-order chi connectivity index (χ1) is 10.8. The zero-order valence-electron chi connectivity index (χ0n) is 12.3. The summed E-state index contributed by atoms with van der Waals surface area (Å²) < 4.78 is 26.2. The molecule has 0 aliphatic rings. The fraction of sp³-hybridized carbons (Fsp3) is 0.143. The monoisotopic (exact) mass is 348 g/mol. The number of benzene rings is 1. The van der Waals surface area contributed by atoms with Gasteiger partial charge in [0.1, 0.15) is 11.6 Å². The van der Waals surface area contributed by atoms with E-state index in [4.69, 9.17) is 5.26 Å². The summed E-state index contributed by atoms with van der Waals surface area (Å²) in [4.78, 5) is 15.8. The fourth-order valence-electron chi connectivity index (χ4n) is 1.55. The Morgan fingerprint density at radius 1 is 1.35 bits per heavy atom. The second-order valence-electron chi connectivity index (χ2n) is 4.69. The van der Waals surface area contributed by atoms with Crippen LogP contribution < -0.4 is 5.32 Å². The minimum absolute atomic E-state index is 0.0143. The highest BCUT2D eigenvalue weighted by molar-refractivity contribution is 7.90. The maximum atomic E-state index is 12.1. The van der Waals surface area contributed by atoms with Gasteiger partial charge in [-0.3, -0.25) is 10.1 Å². The van der Waals surface area contributed by atoms with Gasteiger partial charge in [-0.1, -0.05) is 29.8 Å². The third kappa shape index (κ3) is 4.45. The number of carbonyl (C=O) groups is 1. The van der Waals surface area contributed by atoms with Crippen LogP contribution in [-0.4, -0.2) is 29.9 Å². The summed E-state index contributed by atoms with van der Waals surface area (Å²) >= 11 is 0.732. The lowest BCUT2D eigenvalue weighted by molar-refractivity contribution is -0.112. The topological polar surface area (TPSA) is 113 Å². The van der Waals surface area contributed by atoms with E-state index in [9.17, 15) is 13.2 Å². The fourth-order valence-corrected chi connectivity index (χ4v) is 2.99. The predicted molar refractivity (Wildman–Crippen MR) is 86.4 cm³/mol. The first-order valence-electron chi connectivity index (χ1n) is 6.33. The Hall–Kier alpha value is -2.57. The number of nitriles is 1. The molecule has 1 N–H and O–H groups in total. The van der Waals surface area contributed by atoms with Crippen LogP contribution in [0.2, 0.25) is 0 Å². The molecule has 0 bridgehead atoms. The number of anilines is 1. The van der Waals surface area contributed by atoms with Gasteiger partial charge < -0.3 is 0 Å². The van der Waals surface area contributed by atoms with E-state index in [2.05, 4.69) is 14.7 Å². The number of sulfone groups is 1.